The average Bonchev–Trinajstić information content (AvgIpc) is 2.30. The maximum Gasteiger partial charge on any atom is 0.148 e. The molecule has 0 unspecified atom stereocenters. The topological polar surface area (TPSA) is 37.8 Å². The Morgan fingerprint density at radius 3 is 2.38 bits per heavy atom. The summed E-state index contributed by atoms with van der Waals surface area (Å²) in [7, 11) is 1.84. The first-order valence-corrected chi connectivity index (χ1v) is 5.78. The number of hydrogen-bond donors (Lipinski definition) is 1. The summed E-state index contributed by atoms with van der Waals surface area (Å²) in [6, 6.07) is 10.1. The van der Waals surface area contributed by atoms with Gasteiger partial charge in [0.15, 0.2) is 0 Å². The monoisotopic (exact) mass is 277 g/mol. The number of benzene rings is 1. The van der Waals surface area contributed by atoms with Crippen LogP contribution in [-0.2, 0) is 0 Å². The minimum absolute atomic E-state index is 0.790. The molecule has 0 saturated heterocycles. The highest BCUT2D eigenvalue weighted by molar-refractivity contribution is 9.10. The van der Waals surface area contributed by atoms with Crippen LogP contribution in [0.3, 0.4) is 0 Å². The number of nitrogens with zero attached hydrogens (tertiary/aromatic N) is 2. The average molecular weight is 278 g/mol. The molecule has 1 N–H and O–H groups in total. The lowest BCUT2D eigenvalue weighted by Crippen LogP contribution is -1.98. The molecule has 2 rings (SSSR count). The van der Waals surface area contributed by atoms with Crippen LogP contribution in [0.15, 0.2) is 34.8 Å². The lowest BCUT2D eigenvalue weighted by Gasteiger charge is -2.06. The third-order valence-corrected chi connectivity index (χ3v) is 2.89. The van der Waals surface area contributed by atoms with Gasteiger partial charge >= 0.3 is 0 Å². The third kappa shape index (κ3) is 2.22. The van der Waals surface area contributed by atoms with Crippen molar-refractivity contribution in [3.05, 3.63) is 40.4 Å². The molecule has 1 aromatic carbocycles. The highest BCUT2D eigenvalue weighted by Crippen LogP contribution is 2.23. The minimum Gasteiger partial charge on any atom is -0.372 e. The number of aryl methyl sites for hydroxylation is 1. The van der Waals surface area contributed by atoms with Crippen LogP contribution in [0.2, 0.25) is 0 Å². The summed E-state index contributed by atoms with van der Waals surface area (Å²) in [6.45, 7) is 2.03. The fraction of sp³-hybridized carbons (Fsp3) is 0.167. The fourth-order valence-corrected chi connectivity index (χ4v) is 1.76. The van der Waals surface area contributed by atoms with E-state index < -0.39 is 0 Å². The van der Waals surface area contributed by atoms with Crippen LogP contribution in [0.25, 0.3) is 11.3 Å². The van der Waals surface area contributed by atoms with Gasteiger partial charge in [-0.3, -0.25) is 0 Å². The van der Waals surface area contributed by atoms with Crippen LogP contribution in [-0.4, -0.2) is 17.2 Å². The normalized spacial score (nSPS) is 10.2. The fourth-order valence-electron chi connectivity index (χ4n) is 1.50. The van der Waals surface area contributed by atoms with Crippen LogP contribution in [0.5, 0.6) is 0 Å². The molecule has 2 aromatic rings. The Morgan fingerprint density at radius 2 is 1.81 bits per heavy atom. The molecule has 3 nitrogen and oxygen atoms in total. The molecule has 0 bridgehead atoms. The zero-order valence-electron chi connectivity index (χ0n) is 9.16. The van der Waals surface area contributed by atoms with Crippen molar-refractivity contribution < 1.29 is 0 Å². The lowest BCUT2D eigenvalue weighted by molar-refractivity contribution is 1.02. The van der Waals surface area contributed by atoms with Gasteiger partial charge in [0.1, 0.15) is 5.82 Å². The highest BCUT2D eigenvalue weighted by atomic mass is 79.9. The maximum atomic E-state index is 4.22. The van der Waals surface area contributed by atoms with Gasteiger partial charge in [0, 0.05) is 17.1 Å². The Hall–Kier alpha value is -1.42. The van der Waals surface area contributed by atoms with Gasteiger partial charge in [-0.15, -0.1) is 10.2 Å². The largest absolute Gasteiger partial charge is 0.372 e. The van der Waals surface area contributed by atoms with E-state index in [0.29, 0.717) is 0 Å². The summed E-state index contributed by atoms with van der Waals surface area (Å²) in [6.07, 6.45) is 0. The van der Waals surface area contributed by atoms with E-state index in [-0.39, 0.29) is 0 Å². The van der Waals surface area contributed by atoms with Crippen LogP contribution in [0.1, 0.15) is 5.56 Å². The van der Waals surface area contributed by atoms with E-state index in [1.165, 1.54) is 0 Å². The van der Waals surface area contributed by atoms with E-state index in [9.17, 15) is 0 Å². The number of nitrogens with one attached hydrogen (secondary N) is 1. The second kappa shape index (κ2) is 4.61. The molecule has 1 aromatic heterocycles. The molecular weight excluding hydrogens is 266 g/mol. The summed E-state index contributed by atoms with van der Waals surface area (Å²) in [5.74, 6) is 0.790. The van der Waals surface area contributed by atoms with Crippen molar-refractivity contribution in [2.24, 2.45) is 0 Å². The Morgan fingerprint density at radius 1 is 1.12 bits per heavy atom. The van der Waals surface area contributed by atoms with Gasteiger partial charge in [0.25, 0.3) is 0 Å². The van der Waals surface area contributed by atoms with E-state index in [2.05, 4.69) is 31.4 Å². The number of hydrogen-bond acceptors (Lipinski definition) is 3. The van der Waals surface area contributed by atoms with Gasteiger partial charge in [-0.2, -0.15) is 0 Å². The molecule has 0 saturated carbocycles. The zero-order chi connectivity index (χ0) is 11.5. The van der Waals surface area contributed by atoms with Gasteiger partial charge < -0.3 is 5.32 Å². The Kier molecular flexibility index (Phi) is 3.19. The first kappa shape index (κ1) is 11.1. The van der Waals surface area contributed by atoms with Crippen molar-refractivity contribution >= 4 is 21.7 Å². The SMILES string of the molecule is CNc1cc(C)c(-c2ccc(Br)cc2)nn1. The van der Waals surface area contributed by atoms with Crippen LogP contribution < -0.4 is 5.32 Å². The standard InChI is InChI=1S/C12H12BrN3/c1-8-7-11(14-2)15-16-12(8)9-3-5-10(13)6-4-9/h3-7H,1-2H3,(H,14,15). The van der Waals surface area contributed by atoms with Gasteiger partial charge in [0.2, 0.25) is 0 Å². The quantitative estimate of drug-likeness (QED) is 0.916. The first-order chi connectivity index (χ1) is 7.70. The molecule has 1 heterocycles. The Labute approximate surface area is 103 Å². The Balaban J connectivity index is 2.44. The van der Waals surface area contributed by atoms with Crippen molar-refractivity contribution in [3.63, 3.8) is 0 Å². The number of rotatable bonds is 2. The molecule has 0 aliphatic heterocycles. The van der Waals surface area contributed by atoms with Gasteiger partial charge in [-0.25, -0.2) is 0 Å². The lowest BCUT2D eigenvalue weighted by atomic mass is 10.1. The summed E-state index contributed by atoms with van der Waals surface area (Å²) < 4.78 is 1.06. The number of halogens is 1. The summed E-state index contributed by atoms with van der Waals surface area (Å²) >= 11 is 3.41. The van der Waals surface area contributed by atoms with Crippen molar-refractivity contribution in [1.29, 1.82) is 0 Å². The van der Waals surface area contributed by atoms with Crippen molar-refractivity contribution in [1.82, 2.24) is 10.2 Å². The molecule has 0 aliphatic carbocycles. The van der Waals surface area contributed by atoms with Crippen molar-refractivity contribution in [3.8, 4) is 11.3 Å². The van der Waals surface area contributed by atoms with Crippen molar-refractivity contribution in [2.75, 3.05) is 12.4 Å². The second-order valence-electron chi connectivity index (χ2n) is 3.52. The summed E-state index contributed by atoms with van der Waals surface area (Å²) in [5, 5.41) is 11.3. The molecule has 0 atom stereocenters. The molecule has 4 heteroatoms. The number of anilines is 1. The second-order valence-corrected chi connectivity index (χ2v) is 4.43. The van der Waals surface area contributed by atoms with E-state index in [4.69, 9.17) is 0 Å². The smallest absolute Gasteiger partial charge is 0.148 e. The van der Waals surface area contributed by atoms with Crippen LogP contribution >= 0.6 is 15.9 Å². The highest BCUT2D eigenvalue weighted by Gasteiger charge is 2.05. The first-order valence-electron chi connectivity index (χ1n) is 4.98. The summed E-state index contributed by atoms with van der Waals surface area (Å²) in [4.78, 5) is 0. The van der Waals surface area contributed by atoms with E-state index in [1.54, 1.807) is 0 Å². The molecule has 82 valence electrons. The third-order valence-electron chi connectivity index (χ3n) is 2.36. The molecular formula is C12H12BrN3. The van der Waals surface area contributed by atoms with Gasteiger partial charge in [0.05, 0.1) is 5.69 Å². The molecule has 0 aliphatic rings. The minimum atomic E-state index is 0.790. The van der Waals surface area contributed by atoms with Crippen molar-refractivity contribution in [2.45, 2.75) is 6.92 Å². The Bertz CT molecular complexity index is 494. The van der Waals surface area contributed by atoms with Gasteiger partial charge in [-0.1, -0.05) is 28.1 Å². The maximum absolute atomic E-state index is 4.22. The van der Waals surface area contributed by atoms with Crippen LogP contribution in [0, 0.1) is 6.92 Å². The molecule has 16 heavy (non-hydrogen) atoms. The summed E-state index contributed by atoms with van der Waals surface area (Å²) in [5.41, 5.74) is 3.11. The van der Waals surface area contributed by atoms with Gasteiger partial charge in [-0.05, 0) is 30.7 Å². The van der Waals surface area contributed by atoms with E-state index in [0.717, 1.165) is 27.1 Å². The predicted molar refractivity (Wildman–Crippen MR) is 69.5 cm³/mol. The number of aromatic nitrogens is 2. The molecule has 0 amide bonds. The van der Waals surface area contributed by atoms with Crippen LogP contribution in [0.4, 0.5) is 5.82 Å². The van der Waals surface area contributed by atoms with E-state index >= 15 is 0 Å². The molecule has 0 fully saturated rings. The molecule has 0 spiro atoms. The molecule has 0 radical (unpaired) electrons. The van der Waals surface area contributed by atoms with E-state index in [1.807, 2.05) is 44.3 Å². The zero-order valence-corrected chi connectivity index (χ0v) is 10.7. The predicted octanol–water partition coefficient (Wildman–Crippen LogP) is 3.26.